The number of likely N-dealkylation sites (N-methyl/N-ethyl adjacent to an activating group) is 1. The average molecular weight is 391 g/mol. The second-order valence-electron chi connectivity index (χ2n) is 8.13. The monoisotopic (exact) mass is 391 g/mol. The van der Waals surface area contributed by atoms with Crippen LogP contribution in [0, 0.1) is 12.8 Å². The lowest BCUT2D eigenvalue weighted by molar-refractivity contribution is -0.117. The predicted molar refractivity (Wildman–Crippen MR) is 111 cm³/mol. The van der Waals surface area contributed by atoms with Gasteiger partial charge in [-0.1, -0.05) is 0 Å². The third-order valence-electron chi connectivity index (χ3n) is 5.85. The van der Waals surface area contributed by atoms with Crippen LogP contribution in [0.1, 0.15) is 25.0 Å². The van der Waals surface area contributed by atoms with Crippen LogP contribution in [0.4, 0.5) is 5.82 Å². The van der Waals surface area contributed by atoms with E-state index >= 15 is 0 Å². The number of pyridine rings is 2. The van der Waals surface area contributed by atoms with Gasteiger partial charge in [-0.05, 0) is 63.5 Å². The minimum atomic E-state index is 0.0648. The van der Waals surface area contributed by atoms with Crippen LogP contribution in [0.15, 0.2) is 36.7 Å². The lowest BCUT2D eigenvalue weighted by atomic mass is 10.0. The van der Waals surface area contributed by atoms with Crippen LogP contribution in [0.3, 0.4) is 0 Å². The first-order valence-corrected chi connectivity index (χ1v) is 10.2. The Morgan fingerprint density at radius 2 is 2.14 bits per heavy atom. The Bertz CT molecular complexity index is 1070. The van der Waals surface area contributed by atoms with Crippen molar-refractivity contribution in [1.29, 1.82) is 0 Å². The van der Waals surface area contributed by atoms with Gasteiger partial charge in [-0.2, -0.15) is 5.10 Å². The molecule has 5 rings (SSSR count). The van der Waals surface area contributed by atoms with Gasteiger partial charge in [-0.25, -0.2) is 4.52 Å². The maximum Gasteiger partial charge on any atom is 0.228 e. The zero-order chi connectivity index (χ0) is 20.0. The van der Waals surface area contributed by atoms with E-state index in [4.69, 9.17) is 4.74 Å². The van der Waals surface area contributed by atoms with Crippen molar-refractivity contribution in [2.24, 2.45) is 5.92 Å². The summed E-state index contributed by atoms with van der Waals surface area (Å²) in [7, 11) is 2.12. The molecule has 7 nitrogen and oxygen atoms in total. The summed E-state index contributed by atoms with van der Waals surface area (Å²) in [5, 5.41) is 7.37. The molecule has 3 aromatic rings. The zero-order valence-electron chi connectivity index (χ0n) is 16.8. The van der Waals surface area contributed by atoms with Crippen molar-refractivity contribution >= 4 is 17.2 Å². The number of carbonyl (C=O) groups is 1. The second kappa shape index (κ2) is 7.15. The summed E-state index contributed by atoms with van der Waals surface area (Å²) >= 11 is 0. The Labute approximate surface area is 169 Å². The number of ether oxygens (including phenoxy) is 1. The van der Waals surface area contributed by atoms with Crippen LogP contribution in [0.2, 0.25) is 0 Å². The molecule has 1 saturated carbocycles. The number of amides is 1. The fourth-order valence-electron chi connectivity index (χ4n) is 3.65. The summed E-state index contributed by atoms with van der Waals surface area (Å²) in [5.74, 6) is 1.61. The highest BCUT2D eigenvalue weighted by Crippen LogP contribution is 2.33. The van der Waals surface area contributed by atoms with Crippen molar-refractivity contribution in [3.8, 4) is 16.9 Å². The van der Waals surface area contributed by atoms with E-state index in [1.165, 1.54) is 6.42 Å². The Balaban J connectivity index is 1.41. The van der Waals surface area contributed by atoms with Crippen LogP contribution in [0.5, 0.6) is 5.75 Å². The molecule has 0 aromatic carbocycles. The summed E-state index contributed by atoms with van der Waals surface area (Å²) in [6, 6.07) is 8.51. The van der Waals surface area contributed by atoms with Crippen molar-refractivity contribution in [1.82, 2.24) is 19.5 Å². The van der Waals surface area contributed by atoms with E-state index in [0.29, 0.717) is 18.5 Å². The van der Waals surface area contributed by atoms with Gasteiger partial charge in [0.05, 0.1) is 11.7 Å². The first-order valence-electron chi connectivity index (χ1n) is 10.2. The maximum atomic E-state index is 12.0. The number of aromatic nitrogens is 3. The lowest BCUT2D eigenvalue weighted by Gasteiger charge is -2.37. The molecule has 1 saturated heterocycles. The maximum absolute atomic E-state index is 12.0. The van der Waals surface area contributed by atoms with Gasteiger partial charge < -0.3 is 10.1 Å². The fourth-order valence-corrected chi connectivity index (χ4v) is 3.65. The Morgan fingerprint density at radius 1 is 1.28 bits per heavy atom. The molecule has 2 aliphatic rings. The minimum Gasteiger partial charge on any atom is -0.490 e. The quantitative estimate of drug-likeness (QED) is 0.699. The number of aryl methyl sites for hydroxylation is 1. The Morgan fingerprint density at radius 3 is 2.86 bits per heavy atom. The third-order valence-corrected chi connectivity index (χ3v) is 5.85. The number of nitrogens with one attached hydrogen (secondary N) is 1. The van der Waals surface area contributed by atoms with Gasteiger partial charge in [0.15, 0.2) is 5.82 Å². The number of fused-ring (bicyclic) bond motifs is 1. The van der Waals surface area contributed by atoms with E-state index in [9.17, 15) is 4.79 Å². The molecule has 1 aliphatic heterocycles. The molecule has 1 N–H and O–H groups in total. The number of hydrogen-bond donors (Lipinski definition) is 1. The number of nitrogens with zero attached hydrogens (tertiary/aromatic N) is 4. The fraction of sp³-hybridized carbons (Fsp3) is 0.409. The first kappa shape index (κ1) is 18.1. The summed E-state index contributed by atoms with van der Waals surface area (Å²) in [4.78, 5) is 18.7. The topological polar surface area (TPSA) is 71.8 Å². The van der Waals surface area contributed by atoms with E-state index in [0.717, 1.165) is 47.5 Å². The van der Waals surface area contributed by atoms with E-state index in [1.807, 2.05) is 31.5 Å². The molecule has 0 spiro atoms. The van der Waals surface area contributed by atoms with Crippen LogP contribution in [0.25, 0.3) is 16.6 Å². The molecule has 1 amide bonds. The number of rotatable bonds is 6. The zero-order valence-corrected chi connectivity index (χ0v) is 16.8. The van der Waals surface area contributed by atoms with Crippen molar-refractivity contribution in [2.75, 3.05) is 25.5 Å². The highest BCUT2D eigenvalue weighted by molar-refractivity contribution is 5.93. The molecular formula is C22H25N5O2. The second-order valence-corrected chi connectivity index (χ2v) is 8.13. The van der Waals surface area contributed by atoms with Crippen molar-refractivity contribution in [2.45, 2.75) is 32.2 Å². The third kappa shape index (κ3) is 3.70. The van der Waals surface area contributed by atoms with Crippen LogP contribution < -0.4 is 10.1 Å². The molecule has 0 bridgehead atoms. The van der Waals surface area contributed by atoms with E-state index < -0.39 is 0 Å². The van der Waals surface area contributed by atoms with Gasteiger partial charge in [-0.15, -0.1) is 0 Å². The van der Waals surface area contributed by atoms with Crippen molar-refractivity contribution in [3.05, 3.63) is 42.4 Å². The van der Waals surface area contributed by atoms with Gasteiger partial charge in [0.1, 0.15) is 12.4 Å². The molecule has 1 atom stereocenters. The van der Waals surface area contributed by atoms with Gasteiger partial charge in [0.2, 0.25) is 5.91 Å². The van der Waals surface area contributed by atoms with Crippen LogP contribution >= 0.6 is 0 Å². The number of anilines is 1. The SMILES string of the molecule is Cc1cc(-c2ccn3nc(NC(=O)C4CC4)cc3c2)c(OC[C@H]2CCN2C)cn1. The predicted octanol–water partition coefficient (Wildman–Crippen LogP) is 3.14. The summed E-state index contributed by atoms with van der Waals surface area (Å²) < 4.78 is 7.92. The van der Waals surface area contributed by atoms with Crippen LogP contribution in [-0.4, -0.2) is 51.6 Å². The summed E-state index contributed by atoms with van der Waals surface area (Å²) in [6.45, 7) is 3.78. The van der Waals surface area contributed by atoms with Gasteiger partial charge in [0, 0.05) is 35.5 Å². The standard InChI is InChI=1S/C22H25N5O2/c1-14-9-19(20(12-23-14)29-13-17-6-7-26(17)2)16-5-8-27-18(10-16)11-21(25-27)24-22(28)15-3-4-15/h5,8-12,15,17H,3-4,6-7,13H2,1-2H3,(H,24,25,28)/t17-/m1/s1. The molecule has 0 unspecified atom stereocenters. The van der Waals surface area contributed by atoms with Crippen LogP contribution in [-0.2, 0) is 4.79 Å². The summed E-state index contributed by atoms with van der Waals surface area (Å²) in [6.07, 6.45) is 6.85. The van der Waals surface area contributed by atoms with Gasteiger partial charge >= 0.3 is 0 Å². The molecule has 2 fully saturated rings. The highest BCUT2D eigenvalue weighted by atomic mass is 16.5. The van der Waals surface area contributed by atoms with Gasteiger partial charge in [-0.3, -0.25) is 14.7 Å². The molecule has 3 aromatic heterocycles. The van der Waals surface area contributed by atoms with Crippen molar-refractivity contribution < 1.29 is 9.53 Å². The lowest BCUT2D eigenvalue weighted by Crippen LogP contribution is -2.48. The summed E-state index contributed by atoms with van der Waals surface area (Å²) in [5.41, 5.74) is 3.93. The largest absolute Gasteiger partial charge is 0.490 e. The molecule has 29 heavy (non-hydrogen) atoms. The number of likely N-dealkylation sites (tertiary alicyclic amines) is 1. The molecule has 150 valence electrons. The highest BCUT2D eigenvalue weighted by Gasteiger charge is 2.30. The van der Waals surface area contributed by atoms with Gasteiger partial charge in [0.25, 0.3) is 0 Å². The normalized spacial score (nSPS) is 19.2. The molecular weight excluding hydrogens is 366 g/mol. The Hall–Kier alpha value is -2.93. The van der Waals surface area contributed by atoms with E-state index in [2.05, 4.69) is 39.5 Å². The molecule has 7 heteroatoms. The molecule has 0 radical (unpaired) electrons. The number of hydrogen-bond acceptors (Lipinski definition) is 5. The minimum absolute atomic E-state index is 0.0648. The Kier molecular flexibility index (Phi) is 4.47. The first-order chi connectivity index (χ1) is 14.1. The van der Waals surface area contributed by atoms with E-state index in [-0.39, 0.29) is 11.8 Å². The van der Waals surface area contributed by atoms with E-state index in [1.54, 1.807) is 4.52 Å². The van der Waals surface area contributed by atoms with Crippen molar-refractivity contribution in [3.63, 3.8) is 0 Å². The average Bonchev–Trinajstić information content (AvgIpc) is 3.48. The smallest absolute Gasteiger partial charge is 0.228 e. The molecule has 1 aliphatic carbocycles. The number of carbonyl (C=O) groups excluding carboxylic acids is 1. The molecule has 4 heterocycles.